The molecule has 9 nitrogen and oxygen atoms in total. The number of alkyl carbamates (subject to hydrolysis) is 1. The van der Waals surface area contributed by atoms with E-state index in [0.29, 0.717) is 29.3 Å². The number of pyridine rings is 1. The van der Waals surface area contributed by atoms with Crippen molar-refractivity contribution >= 4 is 52.5 Å². The molecule has 1 saturated carbocycles. The van der Waals surface area contributed by atoms with Crippen molar-refractivity contribution < 1.29 is 19.1 Å². The number of ether oxygens (including phenoxy) is 1. The largest absolute Gasteiger partial charge is 0.444 e. The Morgan fingerprint density at radius 2 is 1.87 bits per heavy atom. The number of aromatic nitrogens is 1. The van der Waals surface area contributed by atoms with E-state index in [2.05, 4.69) is 20.9 Å². The van der Waals surface area contributed by atoms with Crippen LogP contribution in [0, 0.1) is 5.92 Å². The summed E-state index contributed by atoms with van der Waals surface area (Å²) in [4.78, 5) is 41.1. The van der Waals surface area contributed by atoms with Gasteiger partial charge in [0.2, 0.25) is 0 Å². The third kappa shape index (κ3) is 7.42. The van der Waals surface area contributed by atoms with Gasteiger partial charge in [0.15, 0.2) is 0 Å². The summed E-state index contributed by atoms with van der Waals surface area (Å²) in [6, 6.07) is 2.04. The Hall–Kier alpha value is -2.46. The molecule has 3 atom stereocenters. The second-order valence-electron chi connectivity index (χ2n) is 8.06. The third-order valence-corrected chi connectivity index (χ3v) is 5.00. The van der Waals surface area contributed by atoms with E-state index in [1.807, 2.05) is 0 Å². The lowest BCUT2D eigenvalue weighted by Crippen LogP contribution is -2.57. The predicted molar refractivity (Wildman–Crippen MR) is 117 cm³/mol. The molecular weight excluding hydrogens is 430 g/mol. The fraction of sp³-hybridized carbons (Fsp3) is 0.526. The molecule has 0 aliphatic heterocycles. The Morgan fingerprint density at radius 3 is 2.43 bits per heavy atom. The van der Waals surface area contributed by atoms with E-state index in [1.165, 1.54) is 12.3 Å². The summed E-state index contributed by atoms with van der Waals surface area (Å²) in [6.07, 6.45) is 2.28. The predicted octanol–water partition coefficient (Wildman–Crippen LogP) is 2.14. The molecule has 2 unspecified atom stereocenters. The smallest absolute Gasteiger partial charge is 0.407 e. The highest BCUT2D eigenvalue weighted by Crippen LogP contribution is 2.26. The second-order valence-corrected chi connectivity index (χ2v) is 8.97. The Labute approximate surface area is 185 Å². The van der Waals surface area contributed by atoms with Crippen molar-refractivity contribution in [2.24, 2.45) is 11.7 Å². The number of carbonyl (C=O) groups excluding carboxylic acids is 3. The summed E-state index contributed by atoms with van der Waals surface area (Å²) in [5.41, 5.74) is 5.10. The lowest BCUT2D eigenvalue weighted by atomic mass is 9.82. The number of nitrogens with zero attached hydrogens (tertiary/aromatic N) is 1. The molecule has 0 bridgehead atoms. The van der Waals surface area contributed by atoms with Crippen LogP contribution < -0.4 is 21.7 Å². The lowest BCUT2D eigenvalue weighted by molar-refractivity contribution is -0.136. The van der Waals surface area contributed by atoms with Crippen molar-refractivity contribution in [1.82, 2.24) is 15.6 Å². The van der Waals surface area contributed by atoms with Crippen molar-refractivity contribution in [3.63, 3.8) is 0 Å². The summed E-state index contributed by atoms with van der Waals surface area (Å²) < 4.78 is 5.30. The first-order valence-corrected chi connectivity index (χ1v) is 10.3. The van der Waals surface area contributed by atoms with Gasteiger partial charge in [0, 0.05) is 18.2 Å². The summed E-state index contributed by atoms with van der Waals surface area (Å²) >= 11 is 10.8. The number of anilines is 1. The van der Waals surface area contributed by atoms with Crippen LogP contribution in [0.15, 0.2) is 18.3 Å². The fourth-order valence-corrected chi connectivity index (χ4v) is 3.40. The van der Waals surface area contributed by atoms with Crippen LogP contribution >= 0.6 is 23.8 Å². The van der Waals surface area contributed by atoms with E-state index >= 15 is 0 Å². The molecule has 164 valence electrons. The van der Waals surface area contributed by atoms with Gasteiger partial charge < -0.3 is 26.4 Å². The molecular formula is C19H26ClN5O4S. The molecule has 1 fully saturated rings. The topological polar surface area (TPSA) is 135 Å². The van der Waals surface area contributed by atoms with Gasteiger partial charge in [-0.1, -0.05) is 23.8 Å². The van der Waals surface area contributed by atoms with Crippen LogP contribution in [0.5, 0.6) is 0 Å². The number of nitrogens with one attached hydrogen (secondary N) is 3. The van der Waals surface area contributed by atoms with E-state index in [0.717, 1.165) is 0 Å². The first-order valence-electron chi connectivity index (χ1n) is 9.47. The summed E-state index contributed by atoms with van der Waals surface area (Å²) in [6.45, 7) is 5.25. The van der Waals surface area contributed by atoms with Crippen molar-refractivity contribution in [3.8, 4) is 0 Å². The standard InChI is InChI=1S/C19H26ClN5O4S/c1-19(2,3)29-18(28)24-13-8-10(15(21)30)4-6-12(13)23-16(26)17(27)25-14-7-5-11(20)9-22-14/h5,7,9-10,12-13H,4,6,8H2,1-3H3,(H2,21,30)(H,23,26)(H,24,28)(H,22,25,27)/t10-,12?,13?/m0/s1. The molecule has 0 radical (unpaired) electrons. The van der Waals surface area contributed by atoms with Crippen LogP contribution in [0.25, 0.3) is 0 Å². The highest BCUT2D eigenvalue weighted by molar-refractivity contribution is 7.80. The van der Waals surface area contributed by atoms with Gasteiger partial charge in [-0.05, 0) is 52.2 Å². The van der Waals surface area contributed by atoms with E-state index in [1.54, 1.807) is 26.8 Å². The number of rotatable bonds is 4. The summed E-state index contributed by atoms with van der Waals surface area (Å²) in [5.74, 6) is -1.61. The molecule has 11 heteroatoms. The molecule has 1 aliphatic carbocycles. The molecule has 5 N–H and O–H groups in total. The Morgan fingerprint density at radius 1 is 1.17 bits per heavy atom. The zero-order valence-electron chi connectivity index (χ0n) is 17.0. The van der Waals surface area contributed by atoms with Crippen LogP contribution in [0.1, 0.15) is 40.0 Å². The Kier molecular flexibility index (Phi) is 7.96. The molecule has 1 heterocycles. The van der Waals surface area contributed by atoms with Crippen LogP contribution in [0.3, 0.4) is 0 Å². The van der Waals surface area contributed by atoms with Gasteiger partial charge in [-0.3, -0.25) is 9.59 Å². The maximum atomic E-state index is 12.4. The third-order valence-electron chi connectivity index (χ3n) is 4.45. The monoisotopic (exact) mass is 455 g/mol. The van der Waals surface area contributed by atoms with Crippen molar-refractivity contribution in [2.45, 2.75) is 57.7 Å². The fourth-order valence-electron chi connectivity index (χ4n) is 3.08. The van der Waals surface area contributed by atoms with Crippen molar-refractivity contribution in [3.05, 3.63) is 23.4 Å². The minimum Gasteiger partial charge on any atom is -0.444 e. The highest BCUT2D eigenvalue weighted by Gasteiger charge is 2.35. The molecule has 1 aromatic heterocycles. The lowest BCUT2D eigenvalue weighted by Gasteiger charge is -2.36. The summed E-state index contributed by atoms with van der Waals surface area (Å²) in [5, 5.41) is 8.23. The molecule has 0 aromatic carbocycles. The number of thiocarbonyl (C=S) groups is 1. The second kappa shape index (κ2) is 10.0. The molecule has 1 aliphatic rings. The number of hydrogen-bond acceptors (Lipinski definition) is 6. The minimum absolute atomic E-state index is 0.0832. The minimum atomic E-state index is -0.877. The highest BCUT2D eigenvalue weighted by atomic mass is 35.5. The van der Waals surface area contributed by atoms with E-state index in [-0.39, 0.29) is 11.7 Å². The van der Waals surface area contributed by atoms with Crippen molar-refractivity contribution in [2.75, 3.05) is 5.32 Å². The zero-order valence-corrected chi connectivity index (χ0v) is 18.6. The molecule has 1 aromatic rings. The van der Waals surface area contributed by atoms with Crippen LogP contribution in [-0.2, 0) is 14.3 Å². The number of amides is 3. The number of carbonyl (C=O) groups is 3. The van der Waals surface area contributed by atoms with Gasteiger partial charge in [-0.15, -0.1) is 0 Å². The van der Waals surface area contributed by atoms with Gasteiger partial charge in [0.1, 0.15) is 11.4 Å². The molecule has 3 amide bonds. The number of nitrogens with two attached hydrogens (primary N) is 1. The maximum Gasteiger partial charge on any atom is 0.407 e. The SMILES string of the molecule is CC(C)(C)OC(=O)NC1C[C@@H](C(N)=S)CCC1NC(=O)C(=O)Nc1ccc(Cl)cn1. The van der Waals surface area contributed by atoms with Gasteiger partial charge in [0.25, 0.3) is 0 Å². The first kappa shape index (κ1) is 23.8. The van der Waals surface area contributed by atoms with Crippen LogP contribution in [0.4, 0.5) is 10.6 Å². The Bertz CT molecular complexity index is 812. The maximum absolute atomic E-state index is 12.4. The average molecular weight is 456 g/mol. The quantitative estimate of drug-likeness (QED) is 0.403. The van der Waals surface area contributed by atoms with E-state index in [4.69, 9.17) is 34.3 Å². The van der Waals surface area contributed by atoms with E-state index < -0.39 is 35.6 Å². The van der Waals surface area contributed by atoms with E-state index in [9.17, 15) is 14.4 Å². The normalized spacial score (nSPS) is 21.3. The summed E-state index contributed by atoms with van der Waals surface area (Å²) in [7, 11) is 0. The molecule has 0 saturated heterocycles. The van der Waals surface area contributed by atoms with Gasteiger partial charge in [0.05, 0.1) is 16.1 Å². The zero-order chi connectivity index (χ0) is 22.5. The molecule has 0 spiro atoms. The van der Waals surface area contributed by atoms with Gasteiger partial charge in [-0.25, -0.2) is 9.78 Å². The Balaban J connectivity index is 2.02. The average Bonchev–Trinajstić information content (AvgIpc) is 2.63. The van der Waals surface area contributed by atoms with Crippen LogP contribution in [-0.4, -0.2) is 45.6 Å². The van der Waals surface area contributed by atoms with Crippen LogP contribution in [0.2, 0.25) is 5.02 Å². The molecule has 2 rings (SSSR count). The first-order chi connectivity index (χ1) is 13.9. The number of hydrogen-bond donors (Lipinski definition) is 4. The van der Waals surface area contributed by atoms with Gasteiger partial charge in [-0.2, -0.15) is 0 Å². The van der Waals surface area contributed by atoms with Gasteiger partial charge >= 0.3 is 17.9 Å². The molecule has 30 heavy (non-hydrogen) atoms. The number of halogens is 1. The van der Waals surface area contributed by atoms with Crippen molar-refractivity contribution in [1.29, 1.82) is 0 Å².